The maximum absolute atomic E-state index is 10.6. The minimum atomic E-state index is -0.209. The van der Waals surface area contributed by atoms with Crippen molar-refractivity contribution in [1.29, 1.82) is 0 Å². The molecule has 0 aliphatic heterocycles. The van der Waals surface area contributed by atoms with E-state index >= 15 is 0 Å². The van der Waals surface area contributed by atoms with Gasteiger partial charge in [-0.25, -0.2) is 0 Å². The standard InChI is InChI=1S/C8H13ClO2.C5H7ClO2/c1-3-4-11-8(6-9)5-7(2)10;1-4(7)2-5(8)3-6/h5H,3-4,6H2,1-2H3;2-3H2,1H3/b8-5+;. The highest BCUT2D eigenvalue weighted by Gasteiger charge is 2.01. The van der Waals surface area contributed by atoms with Gasteiger partial charge in [0.1, 0.15) is 11.5 Å². The van der Waals surface area contributed by atoms with E-state index in [-0.39, 0.29) is 35.5 Å². The number of allylic oxidation sites excluding steroid dienone is 2. The second-order valence-corrected chi connectivity index (χ2v) is 4.29. The van der Waals surface area contributed by atoms with Gasteiger partial charge in [0.15, 0.2) is 11.6 Å². The van der Waals surface area contributed by atoms with Crippen molar-refractivity contribution >= 4 is 40.6 Å². The average Bonchev–Trinajstić information content (AvgIpc) is 2.33. The van der Waals surface area contributed by atoms with E-state index in [0.717, 1.165) is 6.42 Å². The SMILES string of the molecule is CC(=O)CC(=O)CCl.CCCO/C(=C/C(C)=O)CCl. The summed E-state index contributed by atoms with van der Waals surface area (Å²) in [4.78, 5) is 31.0. The van der Waals surface area contributed by atoms with E-state index in [4.69, 9.17) is 27.9 Å². The number of halogens is 2. The van der Waals surface area contributed by atoms with Crippen LogP contribution in [0.2, 0.25) is 0 Å². The fraction of sp³-hybridized carbons (Fsp3) is 0.615. The minimum Gasteiger partial charge on any atom is -0.497 e. The molecular formula is C13H20Cl2O4. The van der Waals surface area contributed by atoms with Crippen molar-refractivity contribution in [3.8, 4) is 0 Å². The fourth-order valence-electron chi connectivity index (χ4n) is 0.904. The second kappa shape index (κ2) is 13.6. The predicted octanol–water partition coefficient (Wildman–Crippen LogP) is 2.90. The molecule has 0 saturated carbocycles. The zero-order valence-corrected chi connectivity index (χ0v) is 13.0. The molecule has 0 N–H and O–H groups in total. The van der Waals surface area contributed by atoms with Gasteiger partial charge < -0.3 is 4.74 Å². The first-order valence-electron chi connectivity index (χ1n) is 5.84. The van der Waals surface area contributed by atoms with Crippen LogP contribution in [0.4, 0.5) is 0 Å². The molecule has 0 fully saturated rings. The molecule has 0 aliphatic rings. The fourth-order valence-corrected chi connectivity index (χ4v) is 1.15. The Balaban J connectivity index is 0. The Kier molecular flexibility index (Phi) is 14.6. The van der Waals surface area contributed by atoms with Gasteiger partial charge in [0, 0.05) is 6.08 Å². The van der Waals surface area contributed by atoms with Crippen molar-refractivity contribution in [2.75, 3.05) is 18.4 Å². The normalized spacial score (nSPS) is 10.3. The summed E-state index contributed by atoms with van der Waals surface area (Å²) in [5.41, 5.74) is 0. The van der Waals surface area contributed by atoms with Crippen LogP contribution in [-0.2, 0) is 19.1 Å². The number of hydrogen-bond acceptors (Lipinski definition) is 4. The summed E-state index contributed by atoms with van der Waals surface area (Å²) in [6.07, 6.45) is 2.32. The predicted molar refractivity (Wildman–Crippen MR) is 76.8 cm³/mol. The van der Waals surface area contributed by atoms with Crippen LogP contribution >= 0.6 is 23.2 Å². The Morgan fingerprint density at radius 1 is 1.11 bits per heavy atom. The van der Waals surface area contributed by atoms with E-state index in [0.29, 0.717) is 12.4 Å². The Morgan fingerprint density at radius 2 is 1.68 bits per heavy atom. The molecule has 0 heterocycles. The number of carbonyl (C=O) groups is 3. The molecule has 0 bridgehead atoms. The quantitative estimate of drug-likeness (QED) is 0.299. The van der Waals surface area contributed by atoms with E-state index < -0.39 is 0 Å². The highest BCUT2D eigenvalue weighted by atomic mass is 35.5. The van der Waals surface area contributed by atoms with E-state index in [2.05, 4.69) is 0 Å². The molecule has 0 radical (unpaired) electrons. The highest BCUT2D eigenvalue weighted by molar-refractivity contribution is 6.29. The number of carbonyl (C=O) groups excluding carboxylic acids is 3. The van der Waals surface area contributed by atoms with Crippen molar-refractivity contribution in [3.05, 3.63) is 11.8 Å². The molecule has 0 rings (SSSR count). The van der Waals surface area contributed by atoms with Gasteiger partial charge in [-0.3, -0.25) is 14.4 Å². The maximum Gasteiger partial charge on any atom is 0.155 e. The molecule has 6 heteroatoms. The molecule has 19 heavy (non-hydrogen) atoms. The number of ketones is 3. The number of alkyl halides is 2. The molecule has 110 valence electrons. The third-order valence-electron chi connectivity index (χ3n) is 1.58. The van der Waals surface area contributed by atoms with Gasteiger partial charge in [0.05, 0.1) is 24.8 Å². The molecule has 0 aliphatic carbocycles. The van der Waals surface area contributed by atoms with Crippen molar-refractivity contribution in [2.45, 2.75) is 33.6 Å². The van der Waals surface area contributed by atoms with Crippen molar-refractivity contribution in [2.24, 2.45) is 0 Å². The van der Waals surface area contributed by atoms with Gasteiger partial charge in [-0.15, -0.1) is 23.2 Å². The molecule has 0 unspecified atom stereocenters. The summed E-state index contributed by atoms with van der Waals surface area (Å²) >= 11 is 10.6. The topological polar surface area (TPSA) is 60.4 Å². The first kappa shape index (κ1) is 20.4. The molecule has 4 nitrogen and oxygen atoms in total. The Hall–Kier alpha value is -0.870. The number of Topliss-reactive ketones (excluding diaryl/α,β-unsaturated/α-hetero) is 2. The number of rotatable bonds is 8. The van der Waals surface area contributed by atoms with E-state index in [1.54, 1.807) is 0 Å². The summed E-state index contributed by atoms with van der Waals surface area (Å²) in [7, 11) is 0. The smallest absolute Gasteiger partial charge is 0.155 e. The molecule has 0 amide bonds. The largest absolute Gasteiger partial charge is 0.497 e. The van der Waals surface area contributed by atoms with Crippen LogP contribution in [0.1, 0.15) is 33.6 Å². The second-order valence-electron chi connectivity index (χ2n) is 3.75. The van der Waals surface area contributed by atoms with Crippen LogP contribution in [0.5, 0.6) is 0 Å². The van der Waals surface area contributed by atoms with Crippen molar-refractivity contribution in [3.63, 3.8) is 0 Å². The Bertz CT molecular complexity index is 325. The van der Waals surface area contributed by atoms with Crippen LogP contribution in [-0.4, -0.2) is 35.7 Å². The summed E-state index contributed by atoms with van der Waals surface area (Å²) in [6, 6.07) is 0. The molecule has 0 aromatic rings. The van der Waals surface area contributed by atoms with Gasteiger partial charge in [-0.2, -0.15) is 0 Å². The molecule has 0 spiro atoms. The van der Waals surface area contributed by atoms with Crippen LogP contribution in [0, 0.1) is 0 Å². The summed E-state index contributed by atoms with van der Waals surface area (Å²) < 4.78 is 5.16. The molecule has 0 aromatic heterocycles. The van der Waals surface area contributed by atoms with Gasteiger partial charge in [0.25, 0.3) is 0 Å². The van der Waals surface area contributed by atoms with Gasteiger partial charge >= 0.3 is 0 Å². The average molecular weight is 311 g/mol. The molecule has 0 saturated heterocycles. The number of ether oxygens (including phenoxy) is 1. The molecule has 0 atom stereocenters. The zero-order valence-electron chi connectivity index (χ0n) is 11.5. The van der Waals surface area contributed by atoms with Gasteiger partial charge in [-0.05, 0) is 20.3 Å². The minimum absolute atomic E-state index is 0.0243. The maximum atomic E-state index is 10.6. The Morgan fingerprint density at radius 3 is 1.95 bits per heavy atom. The number of hydrogen-bond donors (Lipinski definition) is 0. The Labute approximate surface area is 124 Å². The third-order valence-corrected chi connectivity index (χ3v) is 2.14. The van der Waals surface area contributed by atoms with E-state index in [1.165, 1.54) is 19.9 Å². The van der Waals surface area contributed by atoms with E-state index in [9.17, 15) is 14.4 Å². The monoisotopic (exact) mass is 310 g/mol. The molecular weight excluding hydrogens is 291 g/mol. The van der Waals surface area contributed by atoms with Crippen LogP contribution < -0.4 is 0 Å². The van der Waals surface area contributed by atoms with Crippen LogP contribution in [0.3, 0.4) is 0 Å². The van der Waals surface area contributed by atoms with Crippen LogP contribution in [0.25, 0.3) is 0 Å². The van der Waals surface area contributed by atoms with Crippen molar-refractivity contribution < 1.29 is 19.1 Å². The third kappa shape index (κ3) is 17.1. The van der Waals surface area contributed by atoms with Crippen LogP contribution in [0.15, 0.2) is 11.8 Å². The highest BCUT2D eigenvalue weighted by Crippen LogP contribution is 2.01. The first-order chi connectivity index (χ1) is 8.87. The summed E-state index contributed by atoms with van der Waals surface area (Å²) in [6.45, 7) is 5.46. The van der Waals surface area contributed by atoms with E-state index in [1.807, 2.05) is 6.92 Å². The molecule has 0 aromatic carbocycles. The lowest BCUT2D eigenvalue weighted by atomic mass is 10.2. The summed E-state index contributed by atoms with van der Waals surface area (Å²) in [5.74, 6) is 0.395. The lowest BCUT2D eigenvalue weighted by molar-refractivity contribution is -0.124. The first-order valence-corrected chi connectivity index (χ1v) is 6.91. The van der Waals surface area contributed by atoms with Gasteiger partial charge in [0.2, 0.25) is 0 Å². The van der Waals surface area contributed by atoms with Gasteiger partial charge in [-0.1, -0.05) is 6.92 Å². The lowest BCUT2D eigenvalue weighted by Gasteiger charge is -2.04. The zero-order chi connectivity index (χ0) is 15.3. The lowest BCUT2D eigenvalue weighted by Crippen LogP contribution is -2.04. The van der Waals surface area contributed by atoms with Crippen molar-refractivity contribution in [1.82, 2.24) is 0 Å². The summed E-state index contributed by atoms with van der Waals surface area (Å²) in [5, 5.41) is 0.